The number of hydrogen-bond donors (Lipinski definition) is 3. The van der Waals surface area contributed by atoms with Crippen molar-refractivity contribution in [3.8, 4) is 17.0 Å². The zero-order valence-electron chi connectivity index (χ0n) is 13.3. The summed E-state index contributed by atoms with van der Waals surface area (Å²) in [6.45, 7) is 0. The summed E-state index contributed by atoms with van der Waals surface area (Å²) in [5.74, 6) is -2.84. The van der Waals surface area contributed by atoms with Gasteiger partial charge in [-0.15, -0.1) is 0 Å². The van der Waals surface area contributed by atoms with E-state index >= 15 is 0 Å². The van der Waals surface area contributed by atoms with Crippen LogP contribution in [0.25, 0.3) is 11.3 Å². The molecular weight excluding hydrogens is 328 g/mol. The largest absolute Gasteiger partial charge is 0.497 e. The third-order valence-corrected chi connectivity index (χ3v) is 3.35. The van der Waals surface area contributed by atoms with Crippen LogP contribution in [0.4, 0.5) is 0 Å². The van der Waals surface area contributed by atoms with Gasteiger partial charge in [-0.3, -0.25) is 9.59 Å². The summed E-state index contributed by atoms with van der Waals surface area (Å²) in [5, 5.41) is 19.9. The highest BCUT2D eigenvalue weighted by Crippen LogP contribution is 2.20. The number of carbonyl (C=O) groups is 3. The maximum atomic E-state index is 12.2. The van der Waals surface area contributed by atoms with E-state index < -0.39 is 30.3 Å². The molecule has 0 aliphatic heterocycles. The van der Waals surface area contributed by atoms with Gasteiger partial charge in [-0.2, -0.15) is 0 Å². The zero-order chi connectivity index (χ0) is 18.4. The van der Waals surface area contributed by atoms with Gasteiger partial charge in [0, 0.05) is 5.56 Å². The molecule has 0 aliphatic rings. The van der Waals surface area contributed by atoms with Crippen LogP contribution in [0.15, 0.2) is 42.5 Å². The average Bonchev–Trinajstić information content (AvgIpc) is 2.60. The normalized spacial score (nSPS) is 11.4. The zero-order valence-corrected chi connectivity index (χ0v) is 13.3. The molecule has 0 unspecified atom stereocenters. The van der Waals surface area contributed by atoms with Gasteiger partial charge in [0.1, 0.15) is 17.5 Å². The molecule has 1 atom stereocenters. The Kier molecular flexibility index (Phi) is 5.67. The Hall–Kier alpha value is -3.42. The summed E-state index contributed by atoms with van der Waals surface area (Å²) in [6.07, 6.45) is -0.723. The second kappa shape index (κ2) is 7.91. The number of aromatic nitrogens is 1. The number of methoxy groups -OCH3 is 1. The molecule has 2 aromatic rings. The molecule has 1 heterocycles. The Bertz CT molecular complexity index is 788. The van der Waals surface area contributed by atoms with E-state index in [4.69, 9.17) is 14.9 Å². The summed E-state index contributed by atoms with van der Waals surface area (Å²) >= 11 is 0. The van der Waals surface area contributed by atoms with Gasteiger partial charge in [0.15, 0.2) is 0 Å². The van der Waals surface area contributed by atoms with Crippen LogP contribution in [-0.2, 0) is 9.59 Å². The fourth-order valence-corrected chi connectivity index (χ4v) is 2.09. The van der Waals surface area contributed by atoms with E-state index in [0.717, 1.165) is 5.56 Å². The molecule has 2 rings (SSSR count). The van der Waals surface area contributed by atoms with Crippen LogP contribution >= 0.6 is 0 Å². The van der Waals surface area contributed by atoms with Crippen molar-refractivity contribution in [2.45, 2.75) is 12.5 Å². The molecule has 0 aliphatic carbocycles. The monoisotopic (exact) mass is 344 g/mol. The minimum atomic E-state index is -1.53. The van der Waals surface area contributed by atoms with Crippen molar-refractivity contribution in [2.24, 2.45) is 0 Å². The summed E-state index contributed by atoms with van der Waals surface area (Å²) in [4.78, 5) is 38.1. The van der Waals surface area contributed by atoms with Gasteiger partial charge in [0.25, 0.3) is 5.91 Å². The first-order valence-corrected chi connectivity index (χ1v) is 7.27. The molecule has 0 saturated carbocycles. The quantitative estimate of drug-likeness (QED) is 0.693. The predicted molar refractivity (Wildman–Crippen MR) is 87.4 cm³/mol. The predicted octanol–water partition coefficient (Wildman–Crippen LogP) is 1.41. The number of hydrogen-bond acceptors (Lipinski definition) is 5. The molecule has 25 heavy (non-hydrogen) atoms. The number of rotatable bonds is 7. The summed E-state index contributed by atoms with van der Waals surface area (Å²) in [7, 11) is 1.55. The minimum Gasteiger partial charge on any atom is -0.497 e. The topological polar surface area (TPSA) is 126 Å². The van der Waals surface area contributed by atoms with Crippen LogP contribution in [0.2, 0.25) is 0 Å². The molecule has 3 N–H and O–H groups in total. The summed E-state index contributed by atoms with van der Waals surface area (Å²) in [5.41, 5.74) is 1.25. The van der Waals surface area contributed by atoms with Crippen molar-refractivity contribution in [3.63, 3.8) is 0 Å². The van der Waals surface area contributed by atoms with Gasteiger partial charge in [-0.25, -0.2) is 9.78 Å². The molecule has 1 aromatic carbocycles. The first kappa shape index (κ1) is 17.9. The molecule has 1 aromatic heterocycles. The van der Waals surface area contributed by atoms with E-state index in [1.807, 2.05) is 0 Å². The van der Waals surface area contributed by atoms with Crippen molar-refractivity contribution in [2.75, 3.05) is 7.11 Å². The SMILES string of the molecule is COc1ccc(-c2cccc(C(=O)N[C@@H](CC(=O)O)C(=O)O)n2)cc1. The number of nitrogens with zero attached hydrogens (tertiary/aromatic N) is 1. The number of carboxylic acid groups (broad SMARTS) is 2. The average molecular weight is 344 g/mol. The maximum absolute atomic E-state index is 12.2. The van der Waals surface area contributed by atoms with Gasteiger partial charge in [-0.05, 0) is 36.4 Å². The third-order valence-electron chi connectivity index (χ3n) is 3.35. The van der Waals surface area contributed by atoms with Crippen LogP contribution in [0.1, 0.15) is 16.9 Å². The van der Waals surface area contributed by atoms with E-state index in [1.54, 1.807) is 43.5 Å². The lowest BCUT2D eigenvalue weighted by molar-refractivity contribution is -0.145. The molecule has 8 heteroatoms. The van der Waals surface area contributed by atoms with E-state index in [2.05, 4.69) is 10.3 Å². The number of aliphatic carboxylic acids is 2. The van der Waals surface area contributed by atoms with Crippen molar-refractivity contribution < 1.29 is 29.3 Å². The molecule has 0 fully saturated rings. The molecule has 0 radical (unpaired) electrons. The number of carbonyl (C=O) groups excluding carboxylic acids is 1. The smallest absolute Gasteiger partial charge is 0.326 e. The van der Waals surface area contributed by atoms with Crippen molar-refractivity contribution in [1.82, 2.24) is 10.3 Å². The number of ether oxygens (including phenoxy) is 1. The second-order valence-corrected chi connectivity index (χ2v) is 5.10. The standard InChI is InChI=1S/C17H16N2O6/c1-25-11-7-5-10(6-8-11)12-3-2-4-13(18-12)16(22)19-14(17(23)24)9-15(20)21/h2-8,14H,9H2,1H3,(H,19,22)(H,20,21)(H,23,24)/t14-/m0/s1. The Labute approximate surface area is 143 Å². The summed E-state index contributed by atoms with van der Waals surface area (Å²) < 4.78 is 5.08. The lowest BCUT2D eigenvalue weighted by Gasteiger charge is -2.12. The molecule has 1 amide bonds. The highest BCUT2D eigenvalue weighted by molar-refractivity contribution is 5.96. The number of benzene rings is 1. The van der Waals surface area contributed by atoms with Gasteiger partial charge in [0.2, 0.25) is 0 Å². The maximum Gasteiger partial charge on any atom is 0.326 e. The lowest BCUT2D eigenvalue weighted by atomic mass is 10.1. The highest BCUT2D eigenvalue weighted by atomic mass is 16.5. The van der Waals surface area contributed by atoms with Crippen LogP contribution in [0.5, 0.6) is 5.75 Å². The van der Waals surface area contributed by atoms with E-state index in [0.29, 0.717) is 11.4 Å². The Balaban J connectivity index is 2.20. The van der Waals surface area contributed by atoms with Gasteiger partial charge < -0.3 is 20.3 Å². The summed E-state index contributed by atoms with van der Waals surface area (Å²) in [6, 6.07) is 10.2. The molecule has 130 valence electrons. The van der Waals surface area contributed by atoms with Crippen molar-refractivity contribution in [1.29, 1.82) is 0 Å². The molecule has 0 bridgehead atoms. The number of carboxylic acids is 2. The number of pyridine rings is 1. The second-order valence-electron chi connectivity index (χ2n) is 5.10. The van der Waals surface area contributed by atoms with E-state index in [1.165, 1.54) is 6.07 Å². The fraction of sp³-hybridized carbons (Fsp3) is 0.176. The molecule has 0 spiro atoms. The fourth-order valence-electron chi connectivity index (χ4n) is 2.09. The van der Waals surface area contributed by atoms with Crippen LogP contribution in [0, 0.1) is 0 Å². The Morgan fingerprint density at radius 3 is 2.36 bits per heavy atom. The number of nitrogens with one attached hydrogen (secondary N) is 1. The highest BCUT2D eigenvalue weighted by Gasteiger charge is 2.24. The minimum absolute atomic E-state index is 0.00930. The van der Waals surface area contributed by atoms with Crippen molar-refractivity contribution >= 4 is 17.8 Å². The van der Waals surface area contributed by atoms with Crippen LogP contribution < -0.4 is 10.1 Å². The van der Waals surface area contributed by atoms with E-state index in [9.17, 15) is 14.4 Å². The lowest BCUT2D eigenvalue weighted by Crippen LogP contribution is -2.42. The first-order chi connectivity index (χ1) is 11.9. The third kappa shape index (κ3) is 4.77. The molecular formula is C17H16N2O6. The Morgan fingerprint density at radius 1 is 1.12 bits per heavy atom. The van der Waals surface area contributed by atoms with Crippen LogP contribution in [0.3, 0.4) is 0 Å². The Morgan fingerprint density at radius 2 is 1.80 bits per heavy atom. The first-order valence-electron chi connectivity index (χ1n) is 7.27. The van der Waals surface area contributed by atoms with Crippen LogP contribution in [-0.4, -0.2) is 46.2 Å². The molecule has 0 saturated heterocycles. The van der Waals surface area contributed by atoms with Gasteiger partial charge in [-0.1, -0.05) is 6.07 Å². The van der Waals surface area contributed by atoms with E-state index in [-0.39, 0.29) is 5.69 Å². The van der Waals surface area contributed by atoms with Gasteiger partial charge in [0.05, 0.1) is 19.2 Å². The van der Waals surface area contributed by atoms with Gasteiger partial charge >= 0.3 is 11.9 Å². The molecule has 8 nitrogen and oxygen atoms in total. The number of amides is 1. The van der Waals surface area contributed by atoms with Crippen molar-refractivity contribution in [3.05, 3.63) is 48.2 Å².